The molecule has 0 aliphatic carbocycles. The molecule has 0 aliphatic rings. The standard InChI is InChI=1S/C12H18ClNO4S2/c1-4-9-14(10(2)3)20(17,18)12-7-5-11(6-8-12)19(13,15)16/h5-8,10H,4,9H2,1-3H3. The number of nitrogens with zero attached hydrogens (tertiary/aromatic N) is 1. The Labute approximate surface area is 125 Å². The highest BCUT2D eigenvalue weighted by Crippen LogP contribution is 2.22. The van der Waals surface area contributed by atoms with Gasteiger partial charge in [0.05, 0.1) is 9.79 Å². The second kappa shape index (κ2) is 6.43. The van der Waals surface area contributed by atoms with Crippen LogP contribution in [0.5, 0.6) is 0 Å². The highest BCUT2D eigenvalue weighted by Gasteiger charge is 2.26. The van der Waals surface area contributed by atoms with Gasteiger partial charge >= 0.3 is 0 Å². The third-order valence-corrected chi connectivity index (χ3v) is 6.19. The Morgan fingerprint density at radius 3 is 1.85 bits per heavy atom. The topological polar surface area (TPSA) is 71.5 Å². The second-order valence-electron chi connectivity index (χ2n) is 4.62. The van der Waals surface area contributed by atoms with Crippen molar-refractivity contribution in [1.29, 1.82) is 0 Å². The third-order valence-electron chi connectivity index (χ3n) is 2.73. The molecule has 20 heavy (non-hydrogen) atoms. The van der Waals surface area contributed by atoms with Crippen LogP contribution in [-0.2, 0) is 19.1 Å². The highest BCUT2D eigenvalue weighted by molar-refractivity contribution is 8.13. The molecular weight excluding hydrogens is 322 g/mol. The molecular formula is C12H18ClNO4S2. The summed E-state index contributed by atoms with van der Waals surface area (Å²) in [7, 11) is -2.28. The normalized spacial score (nSPS) is 13.1. The largest absolute Gasteiger partial charge is 0.261 e. The molecule has 1 aromatic rings. The summed E-state index contributed by atoms with van der Waals surface area (Å²) in [6, 6.07) is 4.74. The minimum absolute atomic E-state index is 0.0590. The van der Waals surface area contributed by atoms with Gasteiger partial charge in [-0.3, -0.25) is 0 Å². The van der Waals surface area contributed by atoms with Crippen molar-refractivity contribution >= 4 is 29.8 Å². The van der Waals surface area contributed by atoms with E-state index in [0.29, 0.717) is 13.0 Å². The first-order chi connectivity index (χ1) is 9.10. The van der Waals surface area contributed by atoms with Crippen LogP contribution >= 0.6 is 10.7 Å². The summed E-state index contributed by atoms with van der Waals surface area (Å²) in [5, 5.41) is 0. The maximum absolute atomic E-state index is 12.5. The van der Waals surface area contributed by atoms with E-state index in [1.54, 1.807) is 13.8 Å². The molecule has 1 rings (SSSR count). The van der Waals surface area contributed by atoms with Gasteiger partial charge in [-0.2, -0.15) is 4.31 Å². The number of benzene rings is 1. The van der Waals surface area contributed by atoms with E-state index in [2.05, 4.69) is 0 Å². The lowest BCUT2D eigenvalue weighted by Gasteiger charge is -2.25. The van der Waals surface area contributed by atoms with Crippen molar-refractivity contribution in [2.75, 3.05) is 6.54 Å². The molecule has 1 aromatic carbocycles. The van der Waals surface area contributed by atoms with E-state index in [1.165, 1.54) is 28.6 Å². The zero-order valence-corrected chi connectivity index (χ0v) is 14.0. The minimum atomic E-state index is -3.85. The summed E-state index contributed by atoms with van der Waals surface area (Å²) in [4.78, 5) is -0.0616. The van der Waals surface area contributed by atoms with Crippen LogP contribution in [0.1, 0.15) is 27.2 Å². The highest BCUT2D eigenvalue weighted by atomic mass is 35.7. The Kier molecular flexibility index (Phi) is 5.60. The number of rotatable bonds is 6. The molecule has 114 valence electrons. The van der Waals surface area contributed by atoms with Gasteiger partial charge in [-0.05, 0) is 44.5 Å². The zero-order valence-electron chi connectivity index (χ0n) is 11.6. The van der Waals surface area contributed by atoms with Crippen molar-refractivity contribution in [3.8, 4) is 0 Å². The Morgan fingerprint density at radius 1 is 1.05 bits per heavy atom. The number of hydrogen-bond donors (Lipinski definition) is 0. The Morgan fingerprint density at radius 2 is 1.50 bits per heavy atom. The van der Waals surface area contributed by atoms with E-state index < -0.39 is 19.1 Å². The molecule has 0 radical (unpaired) electrons. The molecule has 0 aromatic heterocycles. The molecule has 0 bridgehead atoms. The van der Waals surface area contributed by atoms with Gasteiger partial charge in [-0.25, -0.2) is 16.8 Å². The maximum Gasteiger partial charge on any atom is 0.261 e. The van der Waals surface area contributed by atoms with Crippen LogP contribution in [0.4, 0.5) is 0 Å². The van der Waals surface area contributed by atoms with Crippen molar-refractivity contribution in [3.63, 3.8) is 0 Å². The monoisotopic (exact) mass is 339 g/mol. The quantitative estimate of drug-likeness (QED) is 0.746. The molecule has 0 saturated heterocycles. The molecule has 0 spiro atoms. The number of halogens is 1. The van der Waals surface area contributed by atoms with Crippen LogP contribution in [0.25, 0.3) is 0 Å². The van der Waals surface area contributed by atoms with Gasteiger partial charge in [0.1, 0.15) is 0 Å². The molecule has 0 N–H and O–H groups in total. The molecule has 0 unspecified atom stereocenters. The molecule has 8 heteroatoms. The lowest BCUT2D eigenvalue weighted by Crippen LogP contribution is -2.37. The second-order valence-corrected chi connectivity index (χ2v) is 9.08. The van der Waals surface area contributed by atoms with Crippen LogP contribution in [0, 0.1) is 0 Å². The summed E-state index contributed by atoms with van der Waals surface area (Å²) in [5.41, 5.74) is 0. The van der Waals surface area contributed by atoms with Gasteiger partial charge < -0.3 is 0 Å². The van der Waals surface area contributed by atoms with Crippen LogP contribution in [0.3, 0.4) is 0 Å². The van der Waals surface area contributed by atoms with Crippen molar-refractivity contribution in [2.24, 2.45) is 0 Å². The summed E-state index contributed by atoms with van der Waals surface area (Å²) in [6.07, 6.45) is 0.700. The van der Waals surface area contributed by atoms with Crippen molar-refractivity contribution < 1.29 is 16.8 Å². The van der Waals surface area contributed by atoms with E-state index in [0.717, 1.165) is 0 Å². The summed E-state index contributed by atoms with van der Waals surface area (Å²) in [6.45, 7) is 5.90. The lowest BCUT2D eigenvalue weighted by atomic mass is 10.4. The van der Waals surface area contributed by atoms with Gasteiger partial charge in [0, 0.05) is 23.3 Å². The fourth-order valence-electron chi connectivity index (χ4n) is 1.79. The van der Waals surface area contributed by atoms with Gasteiger partial charge in [0.2, 0.25) is 10.0 Å². The number of sulfonamides is 1. The lowest BCUT2D eigenvalue weighted by molar-refractivity contribution is 0.354. The molecule has 0 saturated carbocycles. The first-order valence-electron chi connectivity index (χ1n) is 6.17. The Balaban J connectivity index is 3.22. The van der Waals surface area contributed by atoms with E-state index in [1.807, 2.05) is 6.92 Å². The molecule has 5 nitrogen and oxygen atoms in total. The predicted molar refractivity (Wildman–Crippen MR) is 78.8 cm³/mol. The molecule has 0 atom stereocenters. The average molecular weight is 340 g/mol. The van der Waals surface area contributed by atoms with E-state index in [4.69, 9.17) is 10.7 Å². The average Bonchev–Trinajstić information content (AvgIpc) is 2.34. The van der Waals surface area contributed by atoms with Crippen molar-refractivity contribution in [3.05, 3.63) is 24.3 Å². The number of hydrogen-bond acceptors (Lipinski definition) is 4. The van der Waals surface area contributed by atoms with Crippen LogP contribution in [-0.4, -0.2) is 33.7 Å². The summed E-state index contributed by atoms with van der Waals surface area (Å²) < 4.78 is 48.6. The van der Waals surface area contributed by atoms with Crippen LogP contribution in [0.2, 0.25) is 0 Å². The molecule has 0 heterocycles. The maximum atomic E-state index is 12.5. The summed E-state index contributed by atoms with van der Waals surface area (Å²) in [5.74, 6) is 0. The van der Waals surface area contributed by atoms with E-state index in [9.17, 15) is 16.8 Å². The molecule has 0 aliphatic heterocycles. The molecule has 0 fully saturated rings. The van der Waals surface area contributed by atoms with Gasteiger partial charge in [0.25, 0.3) is 9.05 Å². The fourth-order valence-corrected chi connectivity index (χ4v) is 4.28. The smallest absolute Gasteiger partial charge is 0.207 e. The Hall–Kier alpha value is -0.630. The summed E-state index contributed by atoms with van der Waals surface area (Å²) >= 11 is 0. The third kappa shape index (κ3) is 3.94. The van der Waals surface area contributed by atoms with E-state index in [-0.39, 0.29) is 15.8 Å². The fraction of sp³-hybridized carbons (Fsp3) is 0.500. The van der Waals surface area contributed by atoms with Gasteiger partial charge in [-0.1, -0.05) is 6.92 Å². The zero-order chi connectivity index (χ0) is 15.6. The van der Waals surface area contributed by atoms with Crippen LogP contribution < -0.4 is 0 Å². The van der Waals surface area contributed by atoms with Gasteiger partial charge in [0.15, 0.2) is 0 Å². The first kappa shape index (κ1) is 17.4. The molecule has 0 amide bonds. The van der Waals surface area contributed by atoms with Crippen molar-refractivity contribution in [1.82, 2.24) is 4.31 Å². The van der Waals surface area contributed by atoms with E-state index >= 15 is 0 Å². The van der Waals surface area contributed by atoms with Gasteiger partial charge in [-0.15, -0.1) is 0 Å². The Bertz CT molecular complexity index is 651. The predicted octanol–water partition coefficient (Wildman–Crippen LogP) is 2.42. The van der Waals surface area contributed by atoms with Crippen LogP contribution in [0.15, 0.2) is 34.1 Å². The first-order valence-corrected chi connectivity index (χ1v) is 9.92. The SMILES string of the molecule is CCCN(C(C)C)S(=O)(=O)c1ccc(S(=O)(=O)Cl)cc1. The minimum Gasteiger partial charge on any atom is -0.207 e. The van der Waals surface area contributed by atoms with Crippen molar-refractivity contribution in [2.45, 2.75) is 43.0 Å².